The molecule has 0 radical (unpaired) electrons. The molecule has 0 bridgehead atoms. The summed E-state index contributed by atoms with van der Waals surface area (Å²) >= 11 is 1.09. The Morgan fingerprint density at radius 2 is 2.00 bits per heavy atom. The number of nitrogens with zero attached hydrogens (tertiary/aromatic N) is 2. The number of aliphatic hydroxyl groups excluding tert-OH is 2. The quantitative estimate of drug-likeness (QED) is 0.557. The first-order valence-electron chi connectivity index (χ1n) is 5.77. The SMILES string of the molecule is CS(=O)(=O)Nc1nc(CC(=O)N(CCO)CCO)cs1. The first-order chi connectivity index (χ1) is 9.35. The van der Waals surface area contributed by atoms with Crippen molar-refractivity contribution in [1.82, 2.24) is 9.88 Å². The molecular weight excluding hydrogens is 306 g/mol. The monoisotopic (exact) mass is 323 g/mol. The van der Waals surface area contributed by atoms with Gasteiger partial charge in [-0.15, -0.1) is 11.3 Å². The van der Waals surface area contributed by atoms with Crippen LogP contribution >= 0.6 is 11.3 Å². The third kappa shape index (κ3) is 5.82. The summed E-state index contributed by atoms with van der Waals surface area (Å²) in [5.41, 5.74) is 0.437. The fourth-order valence-corrected chi connectivity index (χ4v) is 3.03. The second kappa shape index (κ2) is 7.53. The number of anilines is 1. The fraction of sp³-hybridized carbons (Fsp3) is 0.600. The number of hydrogen-bond acceptors (Lipinski definition) is 7. The molecule has 0 saturated heterocycles. The molecule has 1 aromatic heterocycles. The van der Waals surface area contributed by atoms with Crippen LogP contribution in [0.3, 0.4) is 0 Å². The van der Waals surface area contributed by atoms with Gasteiger partial charge in [-0.05, 0) is 0 Å². The van der Waals surface area contributed by atoms with E-state index in [4.69, 9.17) is 10.2 Å². The van der Waals surface area contributed by atoms with Crippen molar-refractivity contribution in [2.75, 3.05) is 37.3 Å². The first-order valence-corrected chi connectivity index (χ1v) is 8.54. The van der Waals surface area contributed by atoms with Crippen molar-refractivity contribution in [3.63, 3.8) is 0 Å². The summed E-state index contributed by atoms with van der Waals surface area (Å²) < 4.78 is 24.3. The van der Waals surface area contributed by atoms with Gasteiger partial charge in [-0.25, -0.2) is 13.4 Å². The molecular formula is C10H17N3O5S2. The Hall–Kier alpha value is -1.23. The van der Waals surface area contributed by atoms with Crippen molar-refractivity contribution in [3.8, 4) is 0 Å². The zero-order chi connectivity index (χ0) is 15.2. The number of nitrogens with one attached hydrogen (secondary N) is 1. The normalized spacial score (nSPS) is 11.3. The lowest BCUT2D eigenvalue weighted by Crippen LogP contribution is -2.36. The molecule has 0 saturated carbocycles. The van der Waals surface area contributed by atoms with Gasteiger partial charge in [0.25, 0.3) is 0 Å². The van der Waals surface area contributed by atoms with Gasteiger partial charge in [-0.3, -0.25) is 9.52 Å². The van der Waals surface area contributed by atoms with Gasteiger partial charge in [0.05, 0.1) is 31.6 Å². The number of aliphatic hydroxyl groups is 2. The van der Waals surface area contributed by atoms with E-state index in [2.05, 4.69) is 9.71 Å². The fourth-order valence-electron chi connectivity index (χ4n) is 1.46. The van der Waals surface area contributed by atoms with Crippen molar-refractivity contribution in [1.29, 1.82) is 0 Å². The van der Waals surface area contributed by atoms with Gasteiger partial charge in [0, 0.05) is 18.5 Å². The van der Waals surface area contributed by atoms with Crippen molar-refractivity contribution >= 4 is 32.4 Å². The summed E-state index contributed by atoms with van der Waals surface area (Å²) in [4.78, 5) is 17.2. The molecule has 0 fully saturated rings. The van der Waals surface area contributed by atoms with E-state index in [1.807, 2.05) is 0 Å². The highest BCUT2D eigenvalue weighted by molar-refractivity contribution is 7.92. The number of amides is 1. The molecule has 0 atom stereocenters. The number of rotatable bonds is 8. The molecule has 20 heavy (non-hydrogen) atoms. The molecule has 0 aliphatic rings. The largest absolute Gasteiger partial charge is 0.395 e. The predicted octanol–water partition coefficient (Wildman–Crippen LogP) is -1.13. The first kappa shape index (κ1) is 16.8. The maximum Gasteiger partial charge on any atom is 0.231 e. The molecule has 0 aromatic carbocycles. The zero-order valence-corrected chi connectivity index (χ0v) is 12.6. The van der Waals surface area contributed by atoms with Crippen LogP contribution in [0.1, 0.15) is 5.69 Å². The Kier molecular flexibility index (Phi) is 6.33. The molecule has 3 N–H and O–H groups in total. The second-order valence-corrected chi connectivity index (χ2v) is 6.63. The average molecular weight is 323 g/mol. The van der Waals surface area contributed by atoms with Gasteiger partial charge < -0.3 is 15.1 Å². The molecule has 0 unspecified atom stereocenters. The number of hydrogen-bond donors (Lipinski definition) is 3. The van der Waals surface area contributed by atoms with E-state index in [1.54, 1.807) is 5.38 Å². The van der Waals surface area contributed by atoms with Crippen molar-refractivity contribution < 1.29 is 23.4 Å². The highest BCUT2D eigenvalue weighted by Gasteiger charge is 2.15. The molecule has 10 heteroatoms. The summed E-state index contributed by atoms with van der Waals surface area (Å²) in [6, 6.07) is 0. The second-order valence-electron chi connectivity index (χ2n) is 4.02. The molecule has 1 rings (SSSR count). The van der Waals surface area contributed by atoms with Gasteiger partial charge in [0.2, 0.25) is 15.9 Å². The van der Waals surface area contributed by atoms with E-state index in [9.17, 15) is 13.2 Å². The smallest absolute Gasteiger partial charge is 0.231 e. The van der Waals surface area contributed by atoms with Crippen LogP contribution in [0.2, 0.25) is 0 Å². The van der Waals surface area contributed by atoms with E-state index >= 15 is 0 Å². The van der Waals surface area contributed by atoms with E-state index in [0.717, 1.165) is 17.6 Å². The third-order valence-corrected chi connectivity index (χ3v) is 3.75. The summed E-state index contributed by atoms with van der Waals surface area (Å²) in [6.45, 7) is -0.108. The maximum absolute atomic E-state index is 11.9. The van der Waals surface area contributed by atoms with E-state index in [1.165, 1.54) is 4.90 Å². The minimum atomic E-state index is -3.39. The lowest BCUT2D eigenvalue weighted by atomic mass is 10.3. The molecule has 0 spiro atoms. The Morgan fingerprint density at radius 3 is 2.50 bits per heavy atom. The summed E-state index contributed by atoms with van der Waals surface area (Å²) in [6.07, 6.45) is 1.01. The Bertz CT molecular complexity index is 537. The Balaban J connectivity index is 2.65. The lowest BCUT2D eigenvalue weighted by Gasteiger charge is -2.20. The third-order valence-electron chi connectivity index (χ3n) is 2.25. The zero-order valence-electron chi connectivity index (χ0n) is 10.9. The van der Waals surface area contributed by atoms with Crippen LogP contribution in [-0.4, -0.2) is 67.0 Å². The highest BCUT2D eigenvalue weighted by Crippen LogP contribution is 2.17. The van der Waals surface area contributed by atoms with Crippen LogP contribution in [0, 0.1) is 0 Å². The average Bonchev–Trinajstić information content (AvgIpc) is 2.73. The van der Waals surface area contributed by atoms with Crippen LogP contribution in [0.5, 0.6) is 0 Å². The number of aromatic nitrogens is 1. The minimum Gasteiger partial charge on any atom is -0.395 e. The van der Waals surface area contributed by atoms with Gasteiger partial charge in [0.15, 0.2) is 5.13 Å². The van der Waals surface area contributed by atoms with Crippen LogP contribution < -0.4 is 4.72 Å². The Morgan fingerprint density at radius 1 is 1.40 bits per heavy atom. The number of carbonyl (C=O) groups is 1. The Labute approximate surface area is 121 Å². The maximum atomic E-state index is 11.9. The van der Waals surface area contributed by atoms with Crippen LogP contribution in [0.15, 0.2) is 5.38 Å². The van der Waals surface area contributed by atoms with Crippen molar-refractivity contribution in [2.24, 2.45) is 0 Å². The van der Waals surface area contributed by atoms with Crippen LogP contribution in [0.25, 0.3) is 0 Å². The number of sulfonamides is 1. The standard InChI is InChI=1S/C10H17N3O5S2/c1-20(17,18)12-10-11-8(7-19-10)6-9(16)13(2-4-14)3-5-15/h7,14-15H,2-6H2,1H3,(H,11,12). The van der Waals surface area contributed by atoms with Crippen molar-refractivity contribution in [2.45, 2.75) is 6.42 Å². The highest BCUT2D eigenvalue weighted by atomic mass is 32.2. The van der Waals surface area contributed by atoms with Crippen LogP contribution in [0.4, 0.5) is 5.13 Å². The summed E-state index contributed by atoms with van der Waals surface area (Å²) in [5, 5.41) is 19.5. The summed E-state index contributed by atoms with van der Waals surface area (Å²) in [7, 11) is -3.39. The minimum absolute atomic E-state index is 0.0120. The van der Waals surface area contributed by atoms with Gasteiger partial charge >= 0.3 is 0 Å². The van der Waals surface area contributed by atoms with Gasteiger partial charge in [0.1, 0.15) is 0 Å². The lowest BCUT2D eigenvalue weighted by molar-refractivity contribution is -0.131. The molecule has 0 aliphatic carbocycles. The molecule has 1 heterocycles. The van der Waals surface area contributed by atoms with E-state index in [0.29, 0.717) is 5.69 Å². The molecule has 0 aliphatic heterocycles. The molecule has 1 amide bonds. The number of carbonyl (C=O) groups excluding carboxylic acids is 1. The molecule has 114 valence electrons. The predicted molar refractivity (Wildman–Crippen MR) is 75.0 cm³/mol. The topological polar surface area (TPSA) is 120 Å². The summed E-state index contributed by atoms with van der Waals surface area (Å²) in [5.74, 6) is -0.288. The van der Waals surface area contributed by atoms with E-state index < -0.39 is 10.0 Å². The molecule has 8 nitrogen and oxygen atoms in total. The van der Waals surface area contributed by atoms with E-state index in [-0.39, 0.29) is 43.8 Å². The van der Waals surface area contributed by atoms with Crippen molar-refractivity contribution in [3.05, 3.63) is 11.1 Å². The van der Waals surface area contributed by atoms with Gasteiger partial charge in [-0.2, -0.15) is 0 Å². The molecule has 1 aromatic rings. The number of thiazole rings is 1. The van der Waals surface area contributed by atoms with Gasteiger partial charge in [-0.1, -0.05) is 0 Å². The van der Waals surface area contributed by atoms with Crippen LogP contribution in [-0.2, 0) is 21.2 Å².